The maximum atomic E-state index is 15.4. The van der Waals surface area contributed by atoms with Gasteiger partial charge in [-0.25, -0.2) is 8.78 Å². The maximum Gasteiger partial charge on any atom is 0.495 e. The van der Waals surface area contributed by atoms with Crippen LogP contribution in [0.25, 0.3) is 33.9 Å². The van der Waals surface area contributed by atoms with Gasteiger partial charge in [0.25, 0.3) is 0 Å². The molecule has 6 aromatic carbocycles. The molecule has 1 fully saturated rings. The molecule has 5 aliphatic rings. The van der Waals surface area contributed by atoms with E-state index in [0.29, 0.717) is 84.7 Å². The fourth-order valence-corrected chi connectivity index (χ4v) is 13.1. The maximum absolute atomic E-state index is 15.4. The molecule has 0 saturated carbocycles. The quantitative estimate of drug-likeness (QED) is 0.0675. The highest BCUT2D eigenvalue weighted by molar-refractivity contribution is 9.10. The fraction of sp³-hybridized carbons (Fsp3) is 0.444. The number of aliphatic hydroxyl groups excluding tert-OH is 2. The first-order valence-corrected chi connectivity index (χ1v) is 33.0. The highest BCUT2D eigenvalue weighted by atomic mass is 79.9. The zero-order valence-corrected chi connectivity index (χ0v) is 58.3. The zero-order chi connectivity index (χ0) is 68.9. The summed E-state index contributed by atoms with van der Waals surface area (Å²) in [4.78, 5) is 26.3. The van der Waals surface area contributed by atoms with E-state index in [2.05, 4.69) is 46.8 Å². The molecule has 3 aliphatic heterocycles. The van der Waals surface area contributed by atoms with Gasteiger partial charge in [0.15, 0.2) is 0 Å². The molecule has 2 aliphatic carbocycles. The Kier molecular flexibility index (Phi) is 19.7. The number of carbonyl (C=O) groups is 2. The summed E-state index contributed by atoms with van der Waals surface area (Å²) in [5, 5.41) is 44.3. The number of methoxy groups -OCH3 is 2. The fourth-order valence-electron chi connectivity index (χ4n) is 12.8. The van der Waals surface area contributed by atoms with Crippen molar-refractivity contribution in [2.75, 3.05) is 40.6 Å². The minimum atomic E-state index is -0.664. The number of aromatic nitrogens is 8. The van der Waals surface area contributed by atoms with E-state index in [9.17, 15) is 19.8 Å². The van der Waals surface area contributed by atoms with Gasteiger partial charge in [-0.2, -0.15) is 9.59 Å². The summed E-state index contributed by atoms with van der Waals surface area (Å²) in [7, 11) is 2.22. The first-order valence-electron chi connectivity index (χ1n) is 32.2. The number of aliphatic hydroxyl groups is 2. The van der Waals surface area contributed by atoms with E-state index in [1.54, 1.807) is 6.07 Å². The summed E-state index contributed by atoms with van der Waals surface area (Å²) in [5.74, 6) is 2.42. The number of ether oxygens (including phenoxy) is 6. The molecule has 0 radical (unpaired) electrons. The summed E-state index contributed by atoms with van der Waals surface area (Å²) in [5.41, 5.74) is 11.7. The second-order valence-electron chi connectivity index (χ2n) is 27.5. The smallest absolute Gasteiger partial charge is 0.492 e. The largest absolute Gasteiger partial charge is 0.495 e. The van der Waals surface area contributed by atoms with Crippen molar-refractivity contribution >= 4 is 40.4 Å². The van der Waals surface area contributed by atoms with Gasteiger partial charge in [0.2, 0.25) is 11.6 Å². The molecule has 0 unspecified atom stereocenters. The van der Waals surface area contributed by atoms with Crippen LogP contribution in [0.5, 0.6) is 23.0 Å². The first kappa shape index (κ1) is 69.2. The number of esters is 2. The second kappa shape index (κ2) is 27.4. The Morgan fingerprint density at radius 1 is 0.625 bits per heavy atom. The summed E-state index contributed by atoms with van der Waals surface area (Å²) in [6.07, 6.45) is 2.35. The minimum absolute atomic E-state index is 0.0383. The van der Waals surface area contributed by atoms with Crippen LogP contribution in [0.1, 0.15) is 161 Å². The number of fused-ring (bicyclic) bond motifs is 4. The Morgan fingerprint density at radius 3 is 1.50 bits per heavy atom. The van der Waals surface area contributed by atoms with Gasteiger partial charge >= 0.3 is 19.1 Å². The van der Waals surface area contributed by atoms with Crippen molar-refractivity contribution in [1.82, 2.24) is 40.4 Å². The van der Waals surface area contributed by atoms with Crippen LogP contribution in [0.15, 0.2) is 89.4 Å². The molecule has 506 valence electrons. The van der Waals surface area contributed by atoms with Crippen LogP contribution in [-0.4, -0.2) is 122 Å². The molecule has 1 saturated heterocycles. The van der Waals surface area contributed by atoms with Crippen LogP contribution >= 0.6 is 15.9 Å². The molecular formula is C72H82BBrF2N8O12. The lowest BCUT2D eigenvalue weighted by Crippen LogP contribution is -2.41. The van der Waals surface area contributed by atoms with Crippen molar-refractivity contribution < 1.29 is 66.3 Å². The number of nitrogens with zero attached hydrogens (tertiary/aromatic N) is 8. The molecule has 2 N–H and O–H groups in total. The molecule has 0 spiro atoms. The third-order valence-electron chi connectivity index (χ3n) is 19.1. The molecule has 8 aromatic rings. The Labute approximate surface area is 566 Å². The van der Waals surface area contributed by atoms with E-state index in [-0.39, 0.29) is 61.5 Å². The topological polar surface area (TPSA) is 236 Å². The van der Waals surface area contributed by atoms with Crippen molar-refractivity contribution in [3.05, 3.63) is 157 Å². The summed E-state index contributed by atoms with van der Waals surface area (Å²) >= 11 is 3.54. The Hall–Kier alpha value is -8.16. The average Bonchev–Trinajstić information content (AvgIpc) is 1.48. The van der Waals surface area contributed by atoms with Gasteiger partial charge in [-0.15, -0.1) is 20.4 Å². The summed E-state index contributed by atoms with van der Waals surface area (Å²) in [6.45, 7) is 24.2. The van der Waals surface area contributed by atoms with Crippen molar-refractivity contribution in [3.63, 3.8) is 0 Å². The molecule has 5 heterocycles. The predicted octanol–water partition coefficient (Wildman–Crippen LogP) is 12.3. The van der Waals surface area contributed by atoms with E-state index in [4.69, 9.17) is 37.7 Å². The SMILES string of the molecule is COC(=O)C[C@@H]1COc2cc(O[C@@H]3CCc4c(-c5c(C)cc(-c6nnn(C(C)(C)CO)n6)cc5C)ccc(F)c43)ccc21.COC(=O)C[C@@H]1COc2cc(O[C@@H]3CCc4c(B5OC(C)(C)C(C)(C)O5)ccc(F)c43)ccc21.Cc1cc(-c2nnn(C(C)(C)CO)n2)cc(C)c1Br. The highest BCUT2D eigenvalue weighted by Crippen LogP contribution is 2.47. The number of halogens is 3. The number of hydrogen-bond donors (Lipinski definition) is 2. The number of tetrazole rings is 2. The Balaban J connectivity index is 0.000000157. The van der Waals surface area contributed by atoms with Gasteiger partial charge in [-0.1, -0.05) is 40.2 Å². The lowest BCUT2D eigenvalue weighted by molar-refractivity contribution is -0.142. The molecule has 0 bridgehead atoms. The second-order valence-corrected chi connectivity index (χ2v) is 28.3. The van der Waals surface area contributed by atoms with Crippen LogP contribution in [-0.2, 0) is 52.3 Å². The predicted molar refractivity (Wildman–Crippen MR) is 359 cm³/mol. The van der Waals surface area contributed by atoms with Gasteiger partial charge in [0, 0.05) is 61.8 Å². The van der Waals surface area contributed by atoms with E-state index in [1.165, 1.54) is 35.9 Å². The lowest BCUT2D eigenvalue weighted by Gasteiger charge is -2.32. The van der Waals surface area contributed by atoms with Gasteiger partial charge in [-0.05, 0) is 218 Å². The van der Waals surface area contributed by atoms with Crippen LogP contribution in [0.2, 0.25) is 0 Å². The highest BCUT2D eigenvalue weighted by Gasteiger charge is 2.53. The van der Waals surface area contributed by atoms with Crippen molar-refractivity contribution in [1.29, 1.82) is 0 Å². The first-order chi connectivity index (χ1) is 45.5. The lowest BCUT2D eigenvalue weighted by atomic mass is 9.75. The van der Waals surface area contributed by atoms with E-state index < -0.39 is 41.6 Å². The molecule has 96 heavy (non-hydrogen) atoms. The van der Waals surface area contributed by atoms with Crippen molar-refractivity contribution in [2.24, 2.45) is 0 Å². The Bertz CT molecular complexity index is 4210. The normalized spacial score (nSPS) is 18.6. The third kappa shape index (κ3) is 13.9. The molecule has 4 atom stereocenters. The van der Waals surface area contributed by atoms with Gasteiger partial charge in [-0.3, -0.25) is 9.59 Å². The molecule has 24 heteroatoms. The van der Waals surface area contributed by atoms with E-state index in [1.807, 2.05) is 150 Å². The number of rotatable bonds is 16. The van der Waals surface area contributed by atoms with Crippen molar-refractivity contribution in [3.8, 4) is 56.9 Å². The standard InChI is InChI=1S/C33H35FN4O5.C26H30BFO6.C13H17BrN4O/c1-18-12-20(32-35-37-38(36-32)33(3,4)17-39)13-19(2)30(18)24-8-10-26(34)31-25(24)9-11-27(31)43-22-6-7-23-21(14-29(40)41-5)16-42-28(23)15-22;1-25(2)26(3,4)34-27(33-25)19-9-10-20(28)24-18(19)8-11-21(24)32-16-6-7-17-15(12-23(29)30-5)14-31-22(17)13-16;1-8-5-10(6-9(2)11(8)14)12-15-17-18(16-12)13(3,4)7-19/h6-8,10,12-13,15,21,27,39H,9,11,14,16-17H2,1-5H3;6-7,9-10,13,15,21H,8,11-12,14H2,1-5H3;5-6,19H,7H2,1-4H3/t21-,27-;15-,21-;/m11./s1. The monoisotopic (exact) mass is 1380 g/mol. The molecule has 0 amide bonds. The van der Waals surface area contributed by atoms with E-state index >= 15 is 8.78 Å². The van der Waals surface area contributed by atoms with Crippen molar-refractivity contribution in [2.45, 2.75) is 168 Å². The summed E-state index contributed by atoms with van der Waals surface area (Å²) < 4.78 is 77.8. The van der Waals surface area contributed by atoms with E-state index in [0.717, 1.165) is 76.7 Å². The van der Waals surface area contributed by atoms with Gasteiger partial charge < -0.3 is 47.9 Å². The molecule has 20 nitrogen and oxygen atoms in total. The minimum Gasteiger partial charge on any atom is -0.492 e. The Morgan fingerprint density at radius 2 is 1.05 bits per heavy atom. The average molecular weight is 1380 g/mol. The zero-order valence-electron chi connectivity index (χ0n) is 56.7. The summed E-state index contributed by atoms with van der Waals surface area (Å²) in [6, 6.07) is 25.9. The van der Waals surface area contributed by atoms with Crippen LogP contribution in [0.3, 0.4) is 0 Å². The van der Waals surface area contributed by atoms with Gasteiger partial charge in [0.05, 0.1) is 64.7 Å². The molecule has 2 aromatic heterocycles. The van der Waals surface area contributed by atoms with Crippen LogP contribution in [0, 0.1) is 39.3 Å². The molecule has 13 rings (SSSR count). The molecular weight excluding hydrogens is 1300 g/mol. The number of hydrogen-bond acceptors (Lipinski definition) is 18. The number of benzene rings is 6. The van der Waals surface area contributed by atoms with Crippen LogP contribution < -0.4 is 24.4 Å². The van der Waals surface area contributed by atoms with Crippen LogP contribution in [0.4, 0.5) is 8.78 Å². The third-order valence-corrected chi connectivity index (χ3v) is 20.4. The number of aryl methyl sites for hydroxylation is 4. The number of carbonyl (C=O) groups excluding carboxylic acids is 2. The van der Waals surface area contributed by atoms with Gasteiger partial charge in [0.1, 0.15) is 57.9 Å².